The number of hydrogen-bond donors (Lipinski definition) is 3. The van der Waals surface area contributed by atoms with Crippen molar-refractivity contribution in [2.24, 2.45) is 17.8 Å². The number of carbonyl (C=O) groups is 1. The van der Waals surface area contributed by atoms with Crippen LogP contribution in [0, 0.1) is 34.9 Å². The van der Waals surface area contributed by atoms with Crippen LogP contribution in [0.2, 0.25) is 5.15 Å². The molecule has 182 valence electrons. The summed E-state index contributed by atoms with van der Waals surface area (Å²) in [5.41, 5.74) is 1.39. The molecule has 0 aromatic carbocycles. The van der Waals surface area contributed by atoms with Crippen molar-refractivity contribution >= 4 is 45.9 Å². The van der Waals surface area contributed by atoms with Crippen molar-refractivity contribution in [1.29, 1.82) is 5.26 Å². The zero-order chi connectivity index (χ0) is 25.0. The van der Waals surface area contributed by atoms with Gasteiger partial charge in [-0.3, -0.25) is 4.79 Å². The number of fused-ring (bicyclic) bond motifs is 4. The minimum atomic E-state index is -0.879. The summed E-state index contributed by atoms with van der Waals surface area (Å²) in [6, 6.07) is 4.85. The number of carboxylic acids is 1. The lowest BCUT2D eigenvalue weighted by molar-refractivity contribution is -0.148. The van der Waals surface area contributed by atoms with E-state index in [0.29, 0.717) is 26.5 Å². The van der Waals surface area contributed by atoms with E-state index < -0.39 is 23.7 Å². The molecule has 3 N–H and O–H groups in total. The van der Waals surface area contributed by atoms with Gasteiger partial charge in [0.25, 0.3) is 0 Å². The number of halogens is 2. The fourth-order valence-corrected chi connectivity index (χ4v) is 6.48. The Labute approximate surface area is 213 Å². The highest BCUT2D eigenvalue weighted by Gasteiger charge is 2.47. The summed E-state index contributed by atoms with van der Waals surface area (Å²) < 4.78 is 15.9. The van der Waals surface area contributed by atoms with Crippen LogP contribution < -0.4 is 5.32 Å². The SMILES string of the molecule is N#Cc1ccc(-c2nc(-c3c[nH]c4ncc(Cl)nc34)nc(N[C@H]3C4CCC(CC4)[C@@H]3C(=O)O)c2F)s1. The van der Waals surface area contributed by atoms with E-state index in [-0.39, 0.29) is 34.3 Å². The fraction of sp³-hybridized carbons (Fsp3) is 0.333. The third kappa shape index (κ3) is 3.77. The number of aromatic amines is 1. The number of aliphatic carboxylic acids is 1. The zero-order valence-electron chi connectivity index (χ0n) is 18.7. The van der Waals surface area contributed by atoms with Crippen LogP contribution in [0.1, 0.15) is 30.6 Å². The van der Waals surface area contributed by atoms with Gasteiger partial charge in [-0.05, 0) is 49.7 Å². The van der Waals surface area contributed by atoms with Gasteiger partial charge in [-0.2, -0.15) is 5.26 Å². The second kappa shape index (κ2) is 8.80. The number of aromatic nitrogens is 5. The van der Waals surface area contributed by atoms with Gasteiger partial charge in [0.15, 0.2) is 23.1 Å². The van der Waals surface area contributed by atoms with Crippen molar-refractivity contribution in [3.8, 4) is 28.0 Å². The van der Waals surface area contributed by atoms with Crippen LogP contribution in [0.3, 0.4) is 0 Å². The van der Waals surface area contributed by atoms with Crippen LogP contribution in [0.15, 0.2) is 24.5 Å². The number of rotatable bonds is 5. The first-order valence-electron chi connectivity index (χ1n) is 11.5. The minimum Gasteiger partial charge on any atom is -0.481 e. The standard InChI is InChI=1S/C24H19ClFN7O2S/c25-15-9-29-23-19(30-15)13(8-28-23)21-32-20(14-6-5-12(7-27)36-14)17(26)22(33-21)31-18-11-3-1-10(2-4-11)16(18)24(34)35/h5-6,8-11,16,18H,1-4H2,(H,28,29)(H,34,35)(H,31,32,33)/t10?,11?,16-,18-/m0/s1. The molecule has 4 aromatic heterocycles. The molecule has 3 fully saturated rings. The highest BCUT2D eigenvalue weighted by molar-refractivity contribution is 7.15. The molecule has 0 saturated heterocycles. The Morgan fingerprint density at radius 2 is 2.00 bits per heavy atom. The number of nitriles is 1. The van der Waals surface area contributed by atoms with Crippen molar-refractivity contribution in [1.82, 2.24) is 24.9 Å². The molecule has 9 nitrogen and oxygen atoms in total. The number of thiophene rings is 1. The van der Waals surface area contributed by atoms with Crippen LogP contribution in [0.4, 0.5) is 10.2 Å². The molecule has 0 aliphatic heterocycles. The quantitative estimate of drug-likeness (QED) is 0.328. The molecule has 7 rings (SSSR count). The van der Waals surface area contributed by atoms with E-state index in [1.165, 1.54) is 6.20 Å². The van der Waals surface area contributed by atoms with Crippen LogP contribution in [0.5, 0.6) is 0 Å². The van der Waals surface area contributed by atoms with Crippen LogP contribution in [0.25, 0.3) is 33.1 Å². The van der Waals surface area contributed by atoms with Crippen LogP contribution in [-0.2, 0) is 4.79 Å². The third-order valence-electron chi connectivity index (χ3n) is 7.20. The Balaban J connectivity index is 1.50. The molecule has 3 aliphatic rings. The molecule has 4 aromatic rings. The zero-order valence-corrected chi connectivity index (χ0v) is 20.3. The Hall–Kier alpha value is -3.62. The highest BCUT2D eigenvalue weighted by Crippen LogP contribution is 2.47. The van der Waals surface area contributed by atoms with Crippen molar-refractivity contribution in [2.45, 2.75) is 31.7 Å². The summed E-state index contributed by atoms with van der Waals surface area (Å²) in [6.07, 6.45) is 6.55. The van der Waals surface area contributed by atoms with E-state index in [0.717, 1.165) is 37.0 Å². The van der Waals surface area contributed by atoms with Crippen LogP contribution >= 0.6 is 22.9 Å². The molecule has 2 bridgehead atoms. The van der Waals surface area contributed by atoms with Gasteiger partial charge < -0.3 is 15.4 Å². The number of nitrogens with zero attached hydrogens (tertiary/aromatic N) is 5. The van der Waals surface area contributed by atoms with E-state index in [1.54, 1.807) is 18.3 Å². The van der Waals surface area contributed by atoms with E-state index in [4.69, 9.17) is 11.6 Å². The van der Waals surface area contributed by atoms with Crippen molar-refractivity contribution in [2.75, 3.05) is 5.32 Å². The lowest BCUT2D eigenvalue weighted by Crippen LogP contribution is -2.51. The van der Waals surface area contributed by atoms with Gasteiger partial charge in [0.2, 0.25) is 0 Å². The molecular formula is C24H19ClFN7O2S. The number of hydrogen-bond acceptors (Lipinski definition) is 8. The molecule has 3 saturated carbocycles. The van der Waals surface area contributed by atoms with E-state index in [1.807, 2.05) is 0 Å². The molecule has 3 aliphatic carbocycles. The van der Waals surface area contributed by atoms with E-state index >= 15 is 4.39 Å². The van der Waals surface area contributed by atoms with Gasteiger partial charge in [-0.25, -0.2) is 24.3 Å². The highest BCUT2D eigenvalue weighted by atomic mass is 35.5. The first-order chi connectivity index (χ1) is 17.4. The van der Waals surface area contributed by atoms with Gasteiger partial charge in [0.05, 0.1) is 22.6 Å². The van der Waals surface area contributed by atoms with Gasteiger partial charge in [0, 0.05) is 12.2 Å². The molecule has 0 radical (unpaired) electrons. The fourth-order valence-electron chi connectivity index (χ4n) is 5.56. The number of carboxylic acid groups (broad SMARTS) is 1. The van der Waals surface area contributed by atoms with Gasteiger partial charge in [-0.15, -0.1) is 11.3 Å². The van der Waals surface area contributed by atoms with E-state index in [9.17, 15) is 15.2 Å². The number of H-pyrrole nitrogens is 1. The summed E-state index contributed by atoms with van der Waals surface area (Å²) in [7, 11) is 0. The first-order valence-corrected chi connectivity index (χ1v) is 12.7. The van der Waals surface area contributed by atoms with Crippen LogP contribution in [-0.4, -0.2) is 42.0 Å². The number of nitrogens with one attached hydrogen (secondary N) is 2. The number of anilines is 1. The molecule has 0 amide bonds. The van der Waals surface area contributed by atoms with Crippen molar-refractivity contribution < 1.29 is 14.3 Å². The average molecular weight is 524 g/mol. The van der Waals surface area contributed by atoms with Gasteiger partial charge >= 0.3 is 5.97 Å². The third-order valence-corrected chi connectivity index (χ3v) is 8.38. The maximum atomic E-state index is 15.9. The smallest absolute Gasteiger partial charge is 0.308 e. The minimum absolute atomic E-state index is 0.0196. The monoisotopic (exact) mass is 523 g/mol. The first kappa shape index (κ1) is 22.8. The van der Waals surface area contributed by atoms with Gasteiger partial charge in [0.1, 0.15) is 27.3 Å². The topological polar surface area (TPSA) is 140 Å². The van der Waals surface area contributed by atoms with Gasteiger partial charge in [-0.1, -0.05) is 11.6 Å². The predicted molar refractivity (Wildman–Crippen MR) is 132 cm³/mol. The summed E-state index contributed by atoms with van der Waals surface area (Å²) in [5.74, 6) is -1.93. The summed E-state index contributed by atoms with van der Waals surface area (Å²) >= 11 is 7.18. The molecule has 4 heterocycles. The lowest BCUT2D eigenvalue weighted by Gasteiger charge is -2.47. The Morgan fingerprint density at radius 1 is 1.22 bits per heavy atom. The molecule has 0 unspecified atom stereocenters. The summed E-state index contributed by atoms with van der Waals surface area (Å²) in [4.78, 5) is 33.6. The summed E-state index contributed by atoms with van der Waals surface area (Å²) in [5, 5.41) is 22.6. The molecule has 36 heavy (non-hydrogen) atoms. The maximum Gasteiger partial charge on any atom is 0.308 e. The normalized spacial score (nSPS) is 23.0. The van der Waals surface area contributed by atoms with Crippen molar-refractivity contribution in [3.05, 3.63) is 40.4 Å². The second-order valence-corrected chi connectivity index (χ2v) is 10.6. The Bertz CT molecular complexity index is 1540. The maximum absolute atomic E-state index is 15.9. The largest absolute Gasteiger partial charge is 0.481 e. The lowest BCUT2D eigenvalue weighted by atomic mass is 9.61. The molecular weight excluding hydrogens is 505 g/mol. The molecule has 2 atom stereocenters. The summed E-state index contributed by atoms with van der Waals surface area (Å²) in [6.45, 7) is 0. The predicted octanol–water partition coefficient (Wildman–Crippen LogP) is 5.11. The van der Waals surface area contributed by atoms with E-state index in [2.05, 4.69) is 36.3 Å². The Kier molecular flexibility index (Phi) is 5.58. The second-order valence-electron chi connectivity index (χ2n) is 9.14. The van der Waals surface area contributed by atoms with Crippen molar-refractivity contribution in [3.63, 3.8) is 0 Å². The molecule has 0 spiro atoms. The molecule has 12 heteroatoms. The average Bonchev–Trinajstić information content (AvgIpc) is 3.53. The Morgan fingerprint density at radius 3 is 2.72 bits per heavy atom.